The molecule has 0 aromatic heterocycles. The molecular formula is C21H34N2O6S. The Labute approximate surface area is 179 Å². The smallest absolute Gasteiger partial charge is 0.407 e. The molecule has 0 aliphatic carbocycles. The van der Waals surface area contributed by atoms with Crippen molar-refractivity contribution in [1.29, 1.82) is 0 Å². The molecule has 0 heterocycles. The summed E-state index contributed by atoms with van der Waals surface area (Å²) in [7, 11) is -3.99. The largest absolute Gasteiger partial charge is 0.459 e. The van der Waals surface area contributed by atoms with Crippen molar-refractivity contribution in [3.05, 3.63) is 29.8 Å². The van der Waals surface area contributed by atoms with Crippen molar-refractivity contribution in [3.63, 3.8) is 0 Å². The number of carbonyl (C=O) groups is 2. The fraction of sp³-hybridized carbons (Fsp3) is 0.619. The van der Waals surface area contributed by atoms with E-state index in [1.54, 1.807) is 67.5 Å². The second-order valence-corrected chi connectivity index (χ2v) is 11.1. The van der Waals surface area contributed by atoms with Crippen LogP contribution in [-0.4, -0.2) is 37.7 Å². The summed E-state index contributed by atoms with van der Waals surface area (Å²) in [5.41, 5.74) is -0.794. The van der Waals surface area contributed by atoms with Crippen LogP contribution in [0, 0.1) is 5.92 Å². The monoisotopic (exact) mass is 442 g/mol. The van der Waals surface area contributed by atoms with Gasteiger partial charge in [0, 0.05) is 6.54 Å². The first-order valence-corrected chi connectivity index (χ1v) is 11.3. The van der Waals surface area contributed by atoms with E-state index in [0.29, 0.717) is 5.56 Å². The number of carbonyl (C=O) groups excluding carboxylic acids is 2. The Morgan fingerprint density at radius 2 is 1.57 bits per heavy atom. The summed E-state index contributed by atoms with van der Waals surface area (Å²) in [6.45, 7) is 14.0. The van der Waals surface area contributed by atoms with Crippen LogP contribution < -0.4 is 10.0 Å². The molecule has 0 radical (unpaired) electrons. The van der Waals surface area contributed by atoms with Gasteiger partial charge in [0.1, 0.15) is 17.2 Å². The number of nitrogens with one attached hydrogen (secondary N) is 2. The minimum Gasteiger partial charge on any atom is -0.459 e. The Bertz CT molecular complexity index is 851. The van der Waals surface area contributed by atoms with Crippen molar-refractivity contribution >= 4 is 22.1 Å². The normalized spacial score (nSPS) is 13.6. The fourth-order valence-corrected chi connectivity index (χ4v) is 3.77. The lowest BCUT2D eigenvalue weighted by atomic mass is 10.1. The van der Waals surface area contributed by atoms with Crippen molar-refractivity contribution in [2.75, 3.05) is 0 Å². The Morgan fingerprint density at radius 1 is 1.00 bits per heavy atom. The third kappa shape index (κ3) is 9.13. The molecule has 170 valence electrons. The maximum Gasteiger partial charge on any atom is 0.407 e. The Kier molecular flexibility index (Phi) is 8.45. The van der Waals surface area contributed by atoms with E-state index in [-0.39, 0.29) is 17.4 Å². The first-order valence-electron chi connectivity index (χ1n) is 9.81. The molecule has 0 fully saturated rings. The standard InChI is InChI=1S/C21H34N2O6S/c1-14(2)17(18(24)28-20(3,4)5)23-30(26,27)16-11-9-10-15(12-16)13-22-19(25)29-21(6,7)8/h9-12,14,17,23H,13H2,1-8H3,(H,22,25)/t17-/m0/s1. The highest BCUT2D eigenvalue weighted by Gasteiger charge is 2.32. The van der Waals surface area contributed by atoms with Crippen LogP contribution in [0.1, 0.15) is 61.0 Å². The van der Waals surface area contributed by atoms with Gasteiger partial charge in [-0.2, -0.15) is 4.72 Å². The average Bonchev–Trinajstić information content (AvgIpc) is 2.55. The molecule has 0 bridgehead atoms. The molecule has 1 amide bonds. The van der Waals surface area contributed by atoms with Gasteiger partial charge in [0.2, 0.25) is 10.0 Å². The van der Waals surface area contributed by atoms with Crippen molar-refractivity contribution in [3.8, 4) is 0 Å². The van der Waals surface area contributed by atoms with E-state index in [9.17, 15) is 18.0 Å². The van der Waals surface area contributed by atoms with Crippen molar-refractivity contribution in [2.45, 2.75) is 84.1 Å². The first-order chi connectivity index (χ1) is 13.5. The Balaban J connectivity index is 2.95. The average molecular weight is 443 g/mol. The number of hydrogen-bond acceptors (Lipinski definition) is 6. The van der Waals surface area contributed by atoms with Crippen LogP contribution >= 0.6 is 0 Å². The van der Waals surface area contributed by atoms with Gasteiger partial charge in [-0.25, -0.2) is 13.2 Å². The highest BCUT2D eigenvalue weighted by molar-refractivity contribution is 7.89. The number of alkyl carbamates (subject to hydrolysis) is 1. The molecule has 2 N–H and O–H groups in total. The van der Waals surface area contributed by atoms with Gasteiger partial charge in [0.25, 0.3) is 0 Å². The summed E-state index contributed by atoms with van der Waals surface area (Å²) in [6.07, 6.45) is -0.598. The van der Waals surface area contributed by atoms with Crippen LogP contribution in [0.4, 0.5) is 4.79 Å². The van der Waals surface area contributed by atoms with Gasteiger partial charge in [-0.1, -0.05) is 26.0 Å². The minimum atomic E-state index is -3.99. The lowest BCUT2D eigenvalue weighted by molar-refractivity contribution is -0.158. The molecule has 1 atom stereocenters. The van der Waals surface area contributed by atoms with E-state index >= 15 is 0 Å². The quantitative estimate of drug-likeness (QED) is 0.627. The number of esters is 1. The van der Waals surface area contributed by atoms with Gasteiger partial charge in [-0.15, -0.1) is 0 Å². The fourth-order valence-electron chi connectivity index (χ4n) is 2.37. The maximum atomic E-state index is 12.9. The molecule has 0 spiro atoms. The van der Waals surface area contributed by atoms with E-state index in [1.807, 2.05) is 0 Å². The van der Waals surface area contributed by atoms with Gasteiger partial charge in [0.15, 0.2) is 0 Å². The highest BCUT2D eigenvalue weighted by Crippen LogP contribution is 2.17. The van der Waals surface area contributed by atoms with Crippen molar-refractivity contribution < 1.29 is 27.5 Å². The van der Waals surface area contributed by atoms with Crippen LogP contribution in [0.25, 0.3) is 0 Å². The number of amides is 1. The summed E-state index contributed by atoms with van der Waals surface area (Å²) >= 11 is 0. The second kappa shape index (κ2) is 9.78. The van der Waals surface area contributed by atoms with Crippen LogP contribution in [0.3, 0.4) is 0 Å². The van der Waals surface area contributed by atoms with E-state index in [2.05, 4.69) is 10.0 Å². The number of sulfonamides is 1. The van der Waals surface area contributed by atoms with E-state index in [4.69, 9.17) is 9.47 Å². The van der Waals surface area contributed by atoms with Crippen LogP contribution in [-0.2, 0) is 30.8 Å². The predicted octanol–water partition coefficient (Wildman–Crippen LogP) is 3.36. The molecule has 0 saturated carbocycles. The molecule has 1 aromatic rings. The Morgan fingerprint density at radius 3 is 2.07 bits per heavy atom. The molecule has 0 aliphatic heterocycles. The number of hydrogen-bond donors (Lipinski definition) is 2. The van der Waals surface area contributed by atoms with Gasteiger partial charge < -0.3 is 14.8 Å². The zero-order valence-corrected chi connectivity index (χ0v) is 19.8. The summed E-state index contributed by atoms with van der Waals surface area (Å²) in [6, 6.07) is 5.08. The molecule has 0 unspecified atom stereocenters. The van der Waals surface area contributed by atoms with Crippen LogP contribution in [0.2, 0.25) is 0 Å². The lowest BCUT2D eigenvalue weighted by Crippen LogP contribution is -2.47. The second-order valence-electron chi connectivity index (χ2n) is 9.38. The zero-order valence-electron chi connectivity index (χ0n) is 19.0. The van der Waals surface area contributed by atoms with Gasteiger partial charge >= 0.3 is 12.1 Å². The molecule has 30 heavy (non-hydrogen) atoms. The van der Waals surface area contributed by atoms with Crippen LogP contribution in [0.15, 0.2) is 29.2 Å². The summed E-state index contributed by atoms with van der Waals surface area (Å²) in [5, 5.41) is 2.59. The SMILES string of the molecule is CC(C)[C@H](NS(=O)(=O)c1cccc(CNC(=O)OC(C)(C)C)c1)C(=O)OC(C)(C)C. The third-order valence-electron chi connectivity index (χ3n) is 3.65. The predicted molar refractivity (Wildman–Crippen MR) is 114 cm³/mol. The molecule has 0 aliphatic rings. The number of ether oxygens (including phenoxy) is 2. The number of rotatable bonds is 7. The molecule has 1 rings (SSSR count). The zero-order chi connectivity index (χ0) is 23.3. The maximum absolute atomic E-state index is 12.9. The molecular weight excluding hydrogens is 408 g/mol. The van der Waals surface area contributed by atoms with E-state index in [1.165, 1.54) is 12.1 Å². The topological polar surface area (TPSA) is 111 Å². The summed E-state index contributed by atoms with van der Waals surface area (Å²) in [4.78, 5) is 24.3. The minimum absolute atomic E-state index is 0.0137. The molecule has 1 aromatic carbocycles. The van der Waals surface area contributed by atoms with Crippen LogP contribution in [0.5, 0.6) is 0 Å². The Hall–Kier alpha value is -2.13. The first kappa shape index (κ1) is 25.9. The molecule has 8 nitrogen and oxygen atoms in total. The lowest BCUT2D eigenvalue weighted by Gasteiger charge is -2.26. The summed E-state index contributed by atoms with van der Waals surface area (Å²) < 4.78 is 38.7. The van der Waals surface area contributed by atoms with Crippen molar-refractivity contribution in [2.24, 2.45) is 5.92 Å². The highest BCUT2D eigenvalue weighted by atomic mass is 32.2. The summed E-state index contributed by atoms with van der Waals surface area (Å²) in [5.74, 6) is -0.949. The third-order valence-corrected chi connectivity index (χ3v) is 5.09. The number of benzene rings is 1. The molecule has 9 heteroatoms. The van der Waals surface area contributed by atoms with Gasteiger partial charge in [0.05, 0.1) is 4.90 Å². The van der Waals surface area contributed by atoms with Crippen molar-refractivity contribution in [1.82, 2.24) is 10.0 Å². The van der Waals surface area contributed by atoms with E-state index in [0.717, 1.165) is 0 Å². The van der Waals surface area contributed by atoms with Gasteiger partial charge in [-0.05, 0) is 65.2 Å². The van der Waals surface area contributed by atoms with E-state index < -0.39 is 39.3 Å². The van der Waals surface area contributed by atoms with Gasteiger partial charge in [-0.3, -0.25) is 4.79 Å². The molecule has 0 saturated heterocycles.